The predicted molar refractivity (Wildman–Crippen MR) is 126 cm³/mol. The van der Waals surface area contributed by atoms with Crippen molar-refractivity contribution in [3.8, 4) is 11.1 Å². The molecule has 148 valence electrons. The lowest BCUT2D eigenvalue weighted by atomic mass is 9.93. The first-order valence-electron chi connectivity index (χ1n) is 10.4. The average Bonchev–Trinajstić information content (AvgIpc) is 2.80. The van der Waals surface area contributed by atoms with Gasteiger partial charge in [-0.05, 0) is 57.9 Å². The highest BCUT2D eigenvalue weighted by Gasteiger charge is 2.06. The van der Waals surface area contributed by atoms with Crippen LogP contribution in [0.2, 0.25) is 0 Å². The Labute approximate surface area is 178 Å². The maximum absolute atomic E-state index is 13.1. The van der Waals surface area contributed by atoms with E-state index in [1.165, 1.54) is 28.8 Å². The Kier molecular flexibility index (Phi) is 6.20. The molecule has 0 bridgehead atoms. The Bertz CT molecular complexity index is 1090. The van der Waals surface area contributed by atoms with E-state index >= 15 is 0 Å². The second kappa shape index (κ2) is 9.37. The summed E-state index contributed by atoms with van der Waals surface area (Å²) in [4.78, 5) is 0. The molecule has 0 spiro atoms. The second-order valence-electron chi connectivity index (χ2n) is 7.72. The van der Waals surface area contributed by atoms with Gasteiger partial charge in [-0.1, -0.05) is 110 Å². The van der Waals surface area contributed by atoms with Gasteiger partial charge in [0.15, 0.2) is 0 Å². The highest BCUT2D eigenvalue weighted by molar-refractivity contribution is 5.72. The molecular formula is C29H25F. The van der Waals surface area contributed by atoms with Crippen LogP contribution in [0.15, 0.2) is 103 Å². The van der Waals surface area contributed by atoms with E-state index in [0.29, 0.717) is 5.92 Å². The summed E-state index contributed by atoms with van der Waals surface area (Å²) in [5, 5.41) is 0. The van der Waals surface area contributed by atoms with E-state index in [0.717, 1.165) is 23.1 Å². The third kappa shape index (κ3) is 5.12. The van der Waals surface area contributed by atoms with Crippen LogP contribution < -0.4 is 0 Å². The average molecular weight is 393 g/mol. The minimum absolute atomic E-state index is 0.209. The van der Waals surface area contributed by atoms with Crippen molar-refractivity contribution in [3.05, 3.63) is 131 Å². The summed E-state index contributed by atoms with van der Waals surface area (Å²) < 4.78 is 13.1. The van der Waals surface area contributed by atoms with Gasteiger partial charge in [-0.25, -0.2) is 4.39 Å². The summed E-state index contributed by atoms with van der Waals surface area (Å²) in [6.07, 6.45) is 5.30. The van der Waals surface area contributed by atoms with Gasteiger partial charge in [-0.3, -0.25) is 0 Å². The number of benzene rings is 4. The first-order valence-corrected chi connectivity index (χ1v) is 10.4. The summed E-state index contributed by atoms with van der Waals surface area (Å²) in [6, 6.07) is 34.4. The summed E-state index contributed by atoms with van der Waals surface area (Å²) in [6.45, 7) is 2.28. The molecule has 0 nitrogen and oxygen atoms in total. The summed E-state index contributed by atoms with van der Waals surface area (Å²) in [5.74, 6) is 0.297. The number of rotatable bonds is 6. The Balaban J connectivity index is 1.38. The molecule has 0 fully saturated rings. The van der Waals surface area contributed by atoms with E-state index in [-0.39, 0.29) is 5.82 Å². The normalized spacial score (nSPS) is 12.2. The number of hydrogen-bond donors (Lipinski definition) is 0. The topological polar surface area (TPSA) is 0 Å². The van der Waals surface area contributed by atoms with Crippen molar-refractivity contribution in [1.82, 2.24) is 0 Å². The standard InChI is InChI=1S/C29H25F/c1-22(26-5-3-2-4-6-26)21-25-11-9-23(10-12-25)7-8-24-13-15-27(16-14-24)28-17-19-29(30)20-18-28/h2-20,22H,21H2,1H3/t22-/m0/s1. The zero-order valence-electron chi connectivity index (χ0n) is 17.1. The molecule has 4 rings (SSSR count). The van der Waals surface area contributed by atoms with Crippen molar-refractivity contribution in [2.75, 3.05) is 0 Å². The first-order chi connectivity index (χ1) is 14.7. The van der Waals surface area contributed by atoms with Gasteiger partial charge in [0.2, 0.25) is 0 Å². The van der Waals surface area contributed by atoms with Crippen LogP contribution >= 0.6 is 0 Å². The number of hydrogen-bond acceptors (Lipinski definition) is 0. The smallest absolute Gasteiger partial charge is 0.123 e. The maximum atomic E-state index is 13.1. The molecule has 0 saturated carbocycles. The van der Waals surface area contributed by atoms with Crippen molar-refractivity contribution >= 4 is 12.2 Å². The molecule has 30 heavy (non-hydrogen) atoms. The van der Waals surface area contributed by atoms with Crippen molar-refractivity contribution in [2.45, 2.75) is 19.3 Å². The zero-order chi connectivity index (χ0) is 20.8. The molecule has 0 amide bonds. The second-order valence-corrected chi connectivity index (χ2v) is 7.72. The third-order valence-corrected chi connectivity index (χ3v) is 5.45. The Morgan fingerprint density at radius 3 is 1.70 bits per heavy atom. The Morgan fingerprint density at radius 2 is 1.13 bits per heavy atom. The molecule has 0 aliphatic carbocycles. The quantitative estimate of drug-likeness (QED) is 0.292. The van der Waals surface area contributed by atoms with Gasteiger partial charge < -0.3 is 0 Å². The lowest BCUT2D eigenvalue weighted by Gasteiger charge is -2.12. The SMILES string of the molecule is C[C@@H](Cc1ccc(C=Cc2ccc(-c3ccc(F)cc3)cc2)cc1)c1ccccc1. The Morgan fingerprint density at radius 1 is 0.633 bits per heavy atom. The van der Waals surface area contributed by atoms with Crippen LogP contribution in [-0.4, -0.2) is 0 Å². The largest absolute Gasteiger partial charge is 0.207 e. The van der Waals surface area contributed by atoms with Gasteiger partial charge in [0.05, 0.1) is 0 Å². The molecule has 0 N–H and O–H groups in total. The van der Waals surface area contributed by atoms with Crippen molar-refractivity contribution in [3.63, 3.8) is 0 Å². The van der Waals surface area contributed by atoms with E-state index in [1.807, 2.05) is 0 Å². The minimum atomic E-state index is -0.209. The van der Waals surface area contributed by atoms with Crippen LogP contribution in [0.25, 0.3) is 23.3 Å². The van der Waals surface area contributed by atoms with E-state index in [9.17, 15) is 4.39 Å². The van der Waals surface area contributed by atoms with E-state index in [4.69, 9.17) is 0 Å². The van der Waals surface area contributed by atoms with Crippen LogP contribution in [0.4, 0.5) is 4.39 Å². The lowest BCUT2D eigenvalue weighted by molar-refractivity contribution is 0.628. The monoisotopic (exact) mass is 392 g/mol. The molecule has 0 saturated heterocycles. The van der Waals surface area contributed by atoms with Gasteiger partial charge >= 0.3 is 0 Å². The third-order valence-electron chi connectivity index (χ3n) is 5.45. The van der Waals surface area contributed by atoms with Gasteiger partial charge in [-0.2, -0.15) is 0 Å². The molecular weight excluding hydrogens is 367 g/mol. The molecule has 4 aromatic carbocycles. The fraction of sp³-hybridized carbons (Fsp3) is 0.103. The van der Waals surface area contributed by atoms with Crippen molar-refractivity contribution < 1.29 is 4.39 Å². The molecule has 0 aliphatic heterocycles. The fourth-order valence-electron chi connectivity index (χ4n) is 3.64. The van der Waals surface area contributed by atoms with Crippen molar-refractivity contribution in [1.29, 1.82) is 0 Å². The summed E-state index contributed by atoms with van der Waals surface area (Å²) >= 11 is 0. The zero-order valence-corrected chi connectivity index (χ0v) is 17.1. The summed E-state index contributed by atoms with van der Waals surface area (Å²) in [5.41, 5.74) is 7.17. The molecule has 0 radical (unpaired) electrons. The highest BCUT2D eigenvalue weighted by Crippen LogP contribution is 2.22. The number of halogens is 1. The van der Waals surface area contributed by atoms with Gasteiger partial charge in [0.1, 0.15) is 5.82 Å². The van der Waals surface area contributed by atoms with Crippen LogP contribution in [0.1, 0.15) is 35.1 Å². The molecule has 1 heteroatoms. The molecule has 0 aromatic heterocycles. The van der Waals surface area contributed by atoms with E-state index in [1.54, 1.807) is 12.1 Å². The van der Waals surface area contributed by atoms with Crippen LogP contribution in [-0.2, 0) is 6.42 Å². The van der Waals surface area contributed by atoms with Gasteiger partial charge in [0, 0.05) is 0 Å². The minimum Gasteiger partial charge on any atom is -0.207 e. The first kappa shape index (κ1) is 19.8. The van der Waals surface area contributed by atoms with E-state index < -0.39 is 0 Å². The molecule has 1 atom stereocenters. The maximum Gasteiger partial charge on any atom is 0.123 e. The molecule has 0 aliphatic rings. The van der Waals surface area contributed by atoms with Crippen LogP contribution in [0.3, 0.4) is 0 Å². The van der Waals surface area contributed by atoms with E-state index in [2.05, 4.69) is 97.9 Å². The van der Waals surface area contributed by atoms with Gasteiger partial charge in [-0.15, -0.1) is 0 Å². The predicted octanol–water partition coefficient (Wildman–Crippen LogP) is 8.01. The summed E-state index contributed by atoms with van der Waals surface area (Å²) in [7, 11) is 0. The van der Waals surface area contributed by atoms with Gasteiger partial charge in [0.25, 0.3) is 0 Å². The van der Waals surface area contributed by atoms with Crippen LogP contribution in [0, 0.1) is 5.82 Å². The highest BCUT2D eigenvalue weighted by atomic mass is 19.1. The Hall–Kier alpha value is -3.45. The molecule has 4 aromatic rings. The lowest BCUT2D eigenvalue weighted by Crippen LogP contribution is -1.98. The van der Waals surface area contributed by atoms with Crippen LogP contribution in [0.5, 0.6) is 0 Å². The fourth-order valence-corrected chi connectivity index (χ4v) is 3.64. The molecule has 0 heterocycles. The van der Waals surface area contributed by atoms with Crippen molar-refractivity contribution in [2.24, 2.45) is 0 Å². The molecule has 0 unspecified atom stereocenters.